The first-order chi connectivity index (χ1) is 13.6. The van der Waals surface area contributed by atoms with Crippen molar-refractivity contribution in [2.75, 3.05) is 31.6 Å². The topological polar surface area (TPSA) is 110 Å². The maximum atomic E-state index is 12.2. The van der Waals surface area contributed by atoms with E-state index >= 15 is 0 Å². The third-order valence-corrected chi connectivity index (χ3v) is 4.57. The van der Waals surface area contributed by atoms with Crippen molar-refractivity contribution in [1.82, 2.24) is 25.4 Å². The van der Waals surface area contributed by atoms with Gasteiger partial charge in [0.15, 0.2) is 5.82 Å². The minimum atomic E-state index is -0.355. The number of nitrogens with one attached hydrogen (secondary N) is 3. The Kier molecular flexibility index (Phi) is 6.59. The second kappa shape index (κ2) is 9.32. The van der Waals surface area contributed by atoms with Gasteiger partial charge in [0, 0.05) is 18.5 Å². The molecule has 150 valence electrons. The molecule has 1 aliphatic heterocycles. The number of hydrogen-bond donors (Lipinski definition) is 3. The van der Waals surface area contributed by atoms with Crippen molar-refractivity contribution in [2.24, 2.45) is 7.05 Å². The van der Waals surface area contributed by atoms with Crippen LogP contribution in [0.3, 0.4) is 0 Å². The molecular weight excluding hydrogens is 360 g/mol. The SMILES string of the molecule is CCOc1ccc(C(=O)NCC(=O)Nc2nc(C3CCNCC3)nn2C)cc1. The lowest BCUT2D eigenvalue weighted by Gasteiger charge is -2.19. The number of aromatic nitrogens is 3. The van der Waals surface area contributed by atoms with Gasteiger partial charge < -0.3 is 15.4 Å². The van der Waals surface area contributed by atoms with Crippen LogP contribution in [0.2, 0.25) is 0 Å². The highest BCUT2D eigenvalue weighted by Gasteiger charge is 2.21. The minimum absolute atomic E-state index is 0.151. The van der Waals surface area contributed by atoms with Gasteiger partial charge >= 0.3 is 0 Å². The zero-order valence-electron chi connectivity index (χ0n) is 16.2. The van der Waals surface area contributed by atoms with Crippen LogP contribution < -0.4 is 20.7 Å². The van der Waals surface area contributed by atoms with E-state index in [1.54, 1.807) is 36.0 Å². The predicted molar refractivity (Wildman–Crippen MR) is 104 cm³/mol. The van der Waals surface area contributed by atoms with Crippen LogP contribution in [0.15, 0.2) is 24.3 Å². The summed E-state index contributed by atoms with van der Waals surface area (Å²) in [5.74, 6) is 1.45. The zero-order chi connectivity index (χ0) is 19.9. The molecule has 0 bridgehead atoms. The van der Waals surface area contributed by atoms with E-state index in [0.29, 0.717) is 29.8 Å². The first-order valence-corrected chi connectivity index (χ1v) is 9.49. The maximum Gasteiger partial charge on any atom is 0.251 e. The summed E-state index contributed by atoms with van der Waals surface area (Å²) in [5, 5.41) is 13.0. The minimum Gasteiger partial charge on any atom is -0.494 e. The summed E-state index contributed by atoms with van der Waals surface area (Å²) in [7, 11) is 1.74. The van der Waals surface area contributed by atoms with Crippen LogP contribution in [0.25, 0.3) is 0 Å². The Hall–Kier alpha value is -2.94. The van der Waals surface area contributed by atoms with Crippen LogP contribution >= 0.6 is 0 Å². The van der Waals surface area contributed by atoms with E-state index in [-0.39, 0.29) is 18.4 Å². The lowest BCUT2D eigenvalue weighted by atomic mass is 9.98. The average molecular weight is 386 g/mol. The van der Waals surface area contributed by atoms with E-state index in [1.165, 1.54) is 0 Å². The molecule has 3 rings (SSSR count). The van der Waals surface area contributed by atoms with Crippen molar-refractivity contribution in [3.05, 3.63) is 35.7 Å². The molecule has 0 unspecified atom stereocenters. The highest BCUT2D eigenvalue weighted by molar-refractivity contribution is 5.98. The van der Waals surface area contributed by atoms with Gasteiger partial charge in [0.25, 0.3) is 5.91 Å². The summed E-state index contributed by atoms with van der Waals surface area (Å²) >= 11 is 0. The Balaban J connectivity index is 1.51. The van der Waals surface area contributed by atoms with Crippen molar-refractivity contribution in [1.29, 1.82) is 0 Å². The second-order valence-electron chi connectivity index (χ2n) is 6.63. The van der Waals surface area contributed by atoms with E-state index in [9.17, 15) is 9.59 Å². The molecule has 0 saturated carbocycles. The van der Waals surface area contributed by atoms with Gasteiger partial charge in [0.2, 0.25) is 11.9 Å². The van der Waals surface area contributed by atoms with Gasteiger partial charge in [-0.2, -0.15) is 10.1 Å². The standard InChI is InChI=1S/C19H26N6O3/c1-3-28-15-6-4-14(5-7-15)18(27)21-12-16(26)22-19-23-17(24-25(19)2)13-8-10-20-11-9-13/h4-7,13,20H,3,8-12H2,1-2H3,(H,21,27)(H,22,23,24,26). The number of aryl methyl sites for hydroxylation is 1. The molecule has 3 N–H and O–H groups in total. The number of carbonyl (C=O) groups is 2. The number of amides is 2. The normalized spacial score (nSPS) is 14.5. The van der Waals surface area contributed by atoms with E-state index in [4.69, 9.17) is 4.74 Å². The van der Waals surface area contributed by atoms with Crippen LogP contribution in [0.1, 0.15) is 41.9 Å². The number of anilines is 1. The first kappa shape index (κ1) is 19.8. The van der Waals surface area contributed by atoms with Crippen LogP contribution in [-0.4, -0.2) is 52.8 Å². The largest absolute Gasteiger partial charge is 0.494 e. The molecule has 0 radical (unpaired) electrons. The van der Waals surface area contributed by atoms with Crippen LogP contribution in [0, 0.1) is 0 Å². The molecule has 0 spiro atoms. The molecule has 28 heavy (non-hydrogen) atoms. The molecule has 0 atom stereocenters. The molecule has 9 nitrogen and oxygen atoms in total. The van der Waals surface area contributed by atoms with Gasteiger partial charge in [-0.1, -0.05) is 0 Å². The molecular formula is C19H26N6O3. The lowest BCUT2D eigenvalue weighted by Crippen LogP contribution is -2.33. The Morgan fingerprint density at radius 1 is 1.25 bits per heavy atom. The number of carbonyl (C=O) groups excluding carboxylic acids is 2. The number of ether oxygens (including phenoxy) is 1. The van der Waals surface area contributed by atoms with Crippen LogP contribution in [-0.2, 0) is 11.8 Å². The summed E-state index contributed by atoms with van der Waals surface area (Å²) < 4.78 is 6.91. The van der Waals surface area contributed by atoms with Gasteiger partial charge in [-0.25, -0.2) is 4.68 Å². The van der Waals surface area contributed by atoms with Crippen molar-refractivity contribution in [3.63, 3.8) is 0 Å². The van der Waals surface area contributed by atoms with Gasteiger partial charge in [-0.15, -0.1) is 0 Å². The highest BCUT2D eigenvalue weighted by atomic mass is 16.5. The van der Waals surface area contributed by atoms with Crippen molar-refractivity contribution in [2.45, 2.75) is 25.7 Å². The number of benzene rings is 1. The summed E-state index contributed by atoms with van der Waals surface area (Å²) in [6.45, 7) is 4.20. The summed E-state index contributed by atoms with van der Waals surface area (Å²) in [6.07, 6.45) is 1.96. The molecule has 2 aromatic rings. The Bertz CT molecular complexity index is 812. The quantitative estimate of drug-likeness (QED) is 0.656. The third kappa shape index (κ3) is 5.07. The van der Waals surface area contributed by atoms with E-state index < -0.39 is 0 Å². The van der Waals surface area contributed by atoms with E-state index in [1.807, 2.05) is 6.92 Å². The van der Waals surface area contributed by atoms with E-state index in [2.05, 4.69) is 26.0 Å². The fourth-order valence-corrected chi connectivity index (χ4v) is 3.07. The monoisotopic (exact) mass is 386 g/mol. The van der Waals surface area contributed by atoms with Crippen LogP contribution in [0.4, 0.5) is 5.95 Å². The Morgan fingerprint density at radius 3 is 2.64 bits per heavy atom. The molecule has 9 heteroatoms. The molecule has 1 aromatic carbocycles. The molecule has 1 saturated heterocycles. The number of piperidine rings is 1. The second-order valence-corrected chi connectivity index (χ2v) is 6.63. The molecule has 1 fully saturated rings. The van der Waals surface area contributed by atoms with Gasteiger partial charge in [0.1, 0.15) is 5.75 Å². The van der Waals surface area contributed by atoms with Crippen molar-refractivity contribution >= 4 is 17.8 Å². The molecule has 0 aliphatic carbocycles. The van der Waals surface area contributed by atoms with Crippen molar-refractivity contribution < 1.29 is 14.3 Å². The first-order valence-electron chi connectivity index (χ1n) is 9.49. The van der Waals surface area contributed by atoms with E-state index in [0.717, 1.165) is 31.8 Å². The predicted octanol–water partition coefficient (Wildman–Crippen LogP) is 1.05. The Morgan fingerprint density at radius 2 is 1.96 bits per heavy atom. The highest BCUT2D eigenvalue weighted by Crippen LogP contribution is 2.23. The molecule has 1 aromatic heterocycles. The number of hydrogen-bond acceptors (Lipinski definition) is 6. The summed E-state index contributed by atoms with van der Waals surface area (Å²) in [4.78, 5) is 28.8. The van der Waals surface area contributed by atoms with Gasteiger partial charge in [-0.3, -0.25) is 14.9 Å². The fourth-order valence-electron chi connectivity index (χ4n) is 3.07. The summed E-state index contributed by atoms with van der Waals surface area (Å²) in [6, 6.07) is 6.76. The number of nitrogens with zero attached hydrogens (tertiary/aromatic N) is 3. The average Bonchev–Trinajstić information content (AvgIpc) is 3.08. The lowest BCUT2D eigenvalue weighted by molar-refractivity contribution is -0.115. The van der Waals surface area contributed by atoms with Crippen molar-refractivity contribution in [3.8, 4) is 5.75 Å². The van der Waals surface area contributed by atoms with Gasteiger partial charge in [-0.05, 0) is 57.1 Å². The molecule has 2 amide bonds. The summed E-state index contributed by atoms with van der Waals surface area (Å²) in [5.41, 5.74) is 0.461. The number of rotatable bonds is 7. The fraction of sp³-hybridized carbons (Fsp3) is 0.474. The third-order valence-electron chi connectivity index (χ3n) is 4.57. The van der Waals surface area contributed by atoms with Gasteiger partial charge in [0.05, 0.1) is 13.2 Å². The van der Waals surface area contributed by atoms with Crippen LogP contribution in [0.5, 0.6) is 5.75 Å². The smallest absolute Gasteiger partial charge is 0.251 e. The maximum absolute atomic E-state index is 12.2. The molecule has 1 aliphatic rings. The zero-order valence-corrected chi connectivity index (χ0v) is 16.2. The molecule has 2 heterocycles. The Labute approximate surface area is 163 Å².